The van der Waals surface area contributed by atoms with E-state index in [1.807, 2.05) is 67.6 Å². The molecule has 132 valence electrons. The van der Waals surface area contributed by atoms with Gasteiger partial charge in [0.25, 0.3) is 5.91 Å². The zero-order valence-electron chi connectivity index (χ0n) is 14.7. The van der Waals surface area contributed by atoms with Gasteiger partial charge < -0.3 is 0 Å². The first-order valence-electron chi connectivity index (χ1n) is 8.52. The summed E-state index contributed by atoms with van der Waals surface area (Å²) < 4.78 is 1.77. The molecule has 6 nitrogen and oxygen atoms in total. The lowest BCUT2D eigenvalue weighted by Crippen LogP contribution is -2.21. The predicted molar refractivity (Wildman–Crippen MR) is 104 cm³/mol. The molecular weight excluding hydrogens is 338 g/mol. The highest BCUT2D eigenvalue weighted by molar-refractivity contribution is 6.13. The highest BCUT2D eigenvalue weighted by atomic mass is 16.2. The van der Waals surface area contributed by atoms with Gasteiger partial charge in [-0.05, 0) is 19.1 Å². The van der Waals surface area contributed by atoms with E-state index in [1.54, 1.807) is 22.7 Å². The molecule has 27 heavy (non-hydrogen) atoms. The van der Waals surface area contributed by atoms with E-state index in [0.717, 1.165) is 17.0 Å². The lowest BCUT2D eigenvalue weighted by molar-refractivity contribution is 0.0954. The Morgan fingerprint density at radius 1 is 0.852 bits per heavy atom. The minimum absolute atomic E-state index is 0.297. The van der Waals surface area contributed by atoms with Gasteiger partial charge in [-0.25, -0.2) is 5.43 Å². The number of benzene rings is 2. The van der Waals surface area contributed by atoms with Crippen molar-refractivity contribution in [2.24, 2.45) is 5.10 Å². The van der Waals surface area contributed by atoms with Crippen LogP contribution in [0.2, 0.25) is 0 Å². The topological polar surface area (TPSA) is 71.7 Å². The summed E-state index contributed by atoms with van der Waals surface area (Å²) in [6.07, 6.45) is 1.71. The SMILES string of the molecule is Cc1nnc2ccc(C(=O)NN=C(c3ccccc3)c3ccccc3)cn12. The number of aryl methyl sites for hydroxylation is 1. The molecule has 0 aliphatic heterocycles. The highest BCUT2D eigenvalue weighted by Crippen LogP contribution is 2.11. The third kappa shape index (κ3) is 3.46. The number of fused-ring (bicyclic) bond motifs is 1. The molecule has 0 unspecified atom stereocenters. The normalized spacial score (nSPS) is 10.6. The Labute approximate surface area is 156 Å². The Bertz CT molecular complexity index is 1080. The zero-order valence-corrected chi connectivity index (χ0v) is 14.7. The molecule has 0 saturated carbocycles. The van der Waals surface area contributed by atoms with Crippen molar-refractivity contribution < 1.29 is 4.79 Å². The van der Waals surface area contributed by atoms with Crippen LogP contribution in [0, 0.1) is 6.92 Å². The van der Waals surface area contributed by atoms with Crippen molar-refractivity contribution in [3.63, 3.8) is 0 Å². The summed E-state index contributed by atoms with van der Waals surface area (Å²) in [5.41, 5.74) is 6.39. The van der Waals surface area contributed by atoms with E-state index in [-0.39, 0.29) is 5.91 Å². The van der Waals surface area contributed by atoms with Gasteiger partial charge in [-0.15, -0.1) is 10.2 Å². The highest BCUT2D eigenvalue weighted by Gasteiger charge is 2.11. The van der Waals surface area contributed by atoms with Crippen LogP contribution in [0.4, 0.5) is 0 Å². The van der Waals surface area contributed by atoms with Crippen LogP contribution < -0.4 is 5.43 Å². The Morgan fingerprint density at radius 2 is 1.48 bits per heavy atom. The minimum atomic E-state index is -0.297. The van der Waals surface area contributed by atoms with Crippen molar-refractivity contribution in [2.45, 2.75) is 6.92 Å². The third-order valence-electron chi connectivity index (χ3n) is 4.20. The van der Waals surface area contributed by atoms with E-state index in [2.05, 4.69) is 20.7 Å². The number of carbonyl (C=O) groups is 1. The molecule has 0 aliphatic carbocycles. The van der Waals surface area contributed by atoms with E-state index in [0.29, 0.717) is 16.9 Å². The van der Waals surface area contributed by atoms with E-state index >= 15 is 0 Å². The summed E-state index contributed by atoms with van der Waals surface area (Å²) in [6, 6.07) is 23.0. The van der Waals surface area contributed by atoms with Gasteiger partial charge >= 0.3 is 0 Å². The monoisotopic (exact) mass is 355 g/mol. The number of nitrogens with zero attached hydrogens (tertiary/aromatic N) is 4. The standard InChI is InChI=1S/C21H17N5O/c1-15-22-23-19-13-12-18(14-26(15)19)21(27)25-24-20(16-8-4-2-5-9-16)17-10-6-3-7-11-17/h2-14H,1H3,(H,25,27). The maximum atomic E-state index is 12.6. The van der Waals surface area contributed by atoms with Crippen LogP contribution >= 0.6 is 0 Å². The second-order valence-corrected chi connectivity index (χ2v) is 6.03. The minimum Gasteiger partial charge on any atom is -0.286 e. The van der Waals surface area contributed by atoms with E-state index < -0.39 is 0 Å². The van der Waals surface area contributed by atoms with Gasteiger partial charge in [-0.1, -0.05) is 60.7 Å². The number of hydrogen-bond donors (Lipinski definition) is 1. The van der Waals surface area contributed by atoms with Crippen LogP contribution in [0.15, 0.2) is 84.1 Å². The molecule has 2 aromatic carbocycles. The summed E-state index contributed by atoms with van der Waals surface area (Å²) in [5.74, 6) is 0.423. The Hall–Kier alpha value is -3.80. The smallest absolute Gasteiger partial charge is 0.272 e. The lowest BCUT2D eigenvalue weighted by atomic mass is 10.0. The number of rotatable bonds is 4. The number of nitrogens with one attached hydrogen (secondary N) is 1. The Kier molecular flexibility index (Phi) is 4.45. The molecule has 0 fully saturated rings. The molecule has 0 atom stereocenters. The Balaban J connectivity index is 1.66. The third-order valence-corrected chi connectivity index (χ3v) is 4.20. The predicted octanol–water partition coefficient (Wildman–Crippen LogP) is 3.22. The van der Waals surface area contributed by atoms with E-state index in [9.17, 15) is 4.79 Å². The fraction of sp³-hybridized carbons (Fsp3) is 0.0476. The van der Waals surface area contributed by atoms with Gasteiger partial charge in [0.1, 0.15) is 5.82 Å². The quantitative estimate of drug-likeness (QED) is 0.451. The van der Waals surface area contributed by atoms with Crippen LogP contribution in [0.1, 0.15) is 27.3 Å². The molecule has 1 amide bonds. The summed E-state index contributed by atoms with van der Waals surface area (Å²) in [6.45, 7) is 1.84. The molecule has 0 bridgehead atoms. The Morgan fingerprint density at radius 3 is 2.11 bits per heavy atom. The van der Waals surface area contributed by atoms with Crippen LogP contribution in [0.25, 0.3) is 5.65 Å². The van der Waals surface area contributed by atoms with E-state index in [4.69, 9.17) is 0 Å². The first-order chi connectivity index (χ1) is 13.2. The molecule has 1 N–H and O–H groups in total. The molecule has 0 saturated heterocycles. The first-order valence-corrected chi connectivity index (χ1v) is 8.52. The molecule has 4 aromatic rings. The number of aromatic nitrogens is 3. The van der Waals surface area contributed by atoms with Gasteiger partial charge in [0.15, 0.2) is 5.65 Å². The molecule has 4 rings (SSSR count). The van der Waals surface area contributed by atoms with Crippen LogP contribution in [0.5, 0.6) is 0 Å². The van der Waals surface area contributed by atoms with Gasteiger partial charge in [0, 0.05) is 17.3 Å². The summed E-state index contributed by atoms with van der Waals surface area (Å²) >= 11 is 0. The van der Waals surface area contributed by atoms with Crippen LogP contribution in [-0.4, -0.2) is 26.2 Å². The molecule has 2 aromatic heterocycles. The largest absolute Gasteiger partial charge is 0.286 e. The number of pyridine rings is 1. The van der Waals surface area contributed by atoms with Crippen molar-refractivity contribution in [3.8, 4) is 0 Å². The van der Waals surface area contributed by atoms with Crippen molar-refractivity contribution in [1.29, 1.82) is 0 Å². The molecule has 0 aliphatic rings. The zero-order chi connectivity index (χ0) is 18.6. The van der Waals surface area contributed by atoms with E-state index in [1.165, 1.54) is 0 Å². The van der Waals surface area contributed by atoms with Crippen molar-refractivity contribution in [2.75, 3.05) is 0 Å². The van der Waals surface area contributed by atoms with Gasteiger partial charge in [-0.3, -0.25) is 9.20 Å². The van der Waals surface area contributed by atoms with Crippen LogP contribution in [0.3, 0.4) is 0 Å². The first kappa shape index (κ1) is 16.7. The number of carbonyl (C=O) groups excluding carboxylic acids is 1. The maximum absolute atomic E-state index is 12.6. The van der Waals surface area contributed by atoms with Crippen molar-refractivity contribution in [3.05, 3.63) is 102 Å². The van der Waals surface area contributed by atoms with Crippen molar-refractivity contribution >= 4 is 17.3 Å². The second-order valence-electron chi connectivity index (χ2n) is 6.03. The summed E-state index contributed by atoms with van der Waals surface area (Å²) in [5, 5.41) is 12.4. The number of amides is 1. The number of hydrazone groups is 1. The van der Waals surface area contributed by atoms with Crippen LogP contribution in [-0.2, 0) is 0 Å². The second kappa shape index (κ2) is 7.21. The van der Waals surface area contributed by atoms with Crippen molar-refractivity contribution in [1.82, 2.24) is 20.0 Å². The fourth-order valence-electron chi connectivity index (χ4n) is 2.80. The van der Waals surface area contributed by atoms with Gasteiger partial charge in [0.05, 0.1) is 11.3 Å². The maximum Gasteiger partial charge on any atom is 0.272 e. The molecule has 6 heteroatoms. The molecule has 2 heterocycles. The van der Waals surface area contributed by atoms with Gasteiger partial charge in [-0.2, -0.15) is 5.10 Å². The average Bonchev–Trinajstić information content (AvgIpc) is 3.10. The lowest BCUT2D eigenvalue weighted by Gasteiger charge is -2.08. The summed E-state index contributed by atoms with van der Waals surface area (Å²) in [4.78, 5) is 12.6. The fourth-order valence-corrected chi connectivity index (χ4v) is 2.80. The average molecular weight is 355 g/mol. The summed E-state index contributed by atoms with van der Waals surface area (Å²) in [7, 11) is 0. The van der Waals surface area contributed by atoms with Gasteiger partial charge in [0.2, 0.25) is 0 Å². The molecule has 0 spiro atoms. The molecular formula is C21H17N5O. The number of hydrogen-bond acceptors (Lipinski definition) is 4. The molecule has 0 radical (unpaired) electrons.